The molecule has 7 heteroatoms. The van der Waals surface area contributed by atoms with E-state index in [4.69, 9.17) is 10.7 Å². The third-order valence-corrected chi connectivity index (χ3v) is 5.68. The van der Waals surface area contributed by atoms with E-state index in [1.165, 1.54) is 11.5 Å². The van der Waals surface area contributed by atoms with Crippen molar-refractivity contribution in [3.05, 3.63) is 63.9 Å². The molecule has 0 saturated heterocycles. The highest BCUT2D eigenvalue weighted by Crippen LogP contribution is 2.23. The number of para-hydroxylation sites is 1. The molecule has 146 valence electrons. The summed E-state index contributed by atoms with van der Waals surface area (Å²) in [6, 6.07) is 14.6. The lowest BCUT2D eigenvalue weighted by molar-refractivity contribution is -0.117. The standard InChI is InChI=1S/C22H20N4O2S/c1-13-8-9-16(10-14(13)2)26-21(28)17-6-4-5-7-19(17)25-22(26)29-12-20(27)18(11-23)15(3)24/h4-10,18,24H,12H2,1-3H3/t18-/m0/s1. The highest BCUT2D eigenvalue weighted by Gasteiger charge is 2.22. The van der Waals surface area contributed by atoms with E-state index in [0.29, 0.717) is 21.7 Å². The Hall–Kier alpha value is -3.24. The minimum atomic E-state index is -1.08. The van der Waals surface area contributed by atoms with Crippen molar-refractivity contribution in [1.82, 2.24) is 9.55 Å². The van der Waals surface area contributed by atoms with Crippen LogP contribution in [0.5, 0.6) is 0 Å². The second-order valence-corrected chi connectivity index (χ2v) is 7.76. The second-order valence-electron chi connectivity index (χ2n) is 6.82. The summed E-state index contributed by atoms with van der Waals surface area (Å²) in [5, 5.41) is 17.6. The number of aromatic nitrogens is 2. The summed E-state index contributed by atoms with van der Waals surface area (Å²) >= 11 is 1.10. The van der Waals surface area contributed by atoms with Crippen LogP contribution in [0.1, 0.15) is 18.1 Å². The van der Waals surface area contributed by atoms with Crippen LogP contribution >= 0.6 is 11.8 Å². The molecule has 2 aromatic carbocycles. The fraction of sp³-hybridized carbons (Fsp3) is 0.227. The smallest absolute Gasteiger partial charge is 0.266 e. The summed E-state index contributed by atoms with van der Waals surface area (Å²) in [7, 11) is 0. The normalized spacial score (nSPS) is 11.8. The number of nitrogens with one attached hydrogen (secondary N) is 1. The summed E-state index contributed by atoms with van der Waals surface area (Å²) in [6.07, 6.45) is 0. The first-order valence-corrected chi connectivity index (χ1v) is 10.0. The molecule has 29 heavy (non-hydrogen) atoms. The van der Waals surface area contributed by atoms with E-state index in [9.17, 15) is 9.59 Å². The maximum Gasteiger partial charge on any atom is 0.266 e. The number of rotatable bonds is 6. The van der Waals surface area contributed by atoms with Gasteiger partial charge in [0.15, 0.2) is 10.9 Å². The number of nitriles is 1. The van der Waals surface area contributed by atoms with E-state index >= 15 is 0 Å². The van der Waals surface area contributed by atoms with Crippen molar-refractivity contribution in [2.24, 2.45) is 5.92 Å². The summed E-state index contributed by atoms with van der Waals surface area (Å²) in [6.45, 7) is 5.41. The molecule has 0 unspecified atom stereocenters. The zero-order valence-electron chi connectivity index (χ0n) is 16.4. The topological polar surface area (TPSA) is 99.6 Å². The van der Waals surface area contributed by atoms with Crippen LogP contribution in [0.4, 0.5) is 0 Å². The molecule has 1 heterocycles. The lowest BCUT2D eigenvalue weighted by Gasteiger charge is -2.14. The van der Waals surface area contributed by atoms with E-state index in [1.807, 2.05) is 38.1 Å². The van der Waals surface area contributed by atoms with Crippen LogP contribution in [-0.4, -0.2) is 26.8 Å². The zero-order chi connectivity index (χ0) is 21.1. The molecule has 6 nitrogen and oxygen atoms in total. The highest BCUT2D eigenvalue weighted by atomic mass is 32.2. The molecule has 1 aromatic heterocycles. The number of ketones is 1. The molecular weight excluding hydrogens is 384 g/mol. The largest absolute Gasteiger partial charge is 0.308 e. The van der Waals surface area contributed by atoms with Gasteiger partial charge in [0.05, 0.1) is 28.4 Å². The lowest BCUT2D eigenvalue weighted by Crippen LogP contribution is -2.24. The van der Waals surface area contributed by atoms with E-state index in [-0.39, 0.29) is 22.8 Å². The van der Waals surface area contributed by atoms with Crippen molar-refractivity contribution in [2.45, 2.75) is 25.9 Å². The van der Waals surface area contributed by atoms with Gasteiger partial charge in [-0.15, -0.1) is 0 Å². The molecule has 0 saturated carbocycles. The van der Waals surface area contributed by atoms with E-state index in [2.05, 4.69) is 4.98 Å². The summed E-state index contributed by atoms with van der Waals surface area (Å²) in [5.41, 5.74) is 3.17. The van der Waals surface area contributed by atoms with Gasteiger partial charge >= 0.3 is 0 Å². The Balaban J connectivity index is 2.11. The third-order valence-electron chi connectivity index (χ3n) is 4.72. The van der Waals surface area contributed by atoms with E-state index in [1.54, 1.807) is 24.3 Å². The Labute approximate surface area is 172 Å². The molecule has 0 amide bonds. The van der Waals surface area contributed by atoms with Crippen molar-refractivity contribution in [2.75, 3.05) is 5.75 Å². The molecule has 1 atom stereocenters. The Morgan fingerprint density at radius 2 is 1.97 bits per heavy atom. The Bertz CT molecular complexity index is 1220. The molecule has 3 aromatic rings. The highest BCUT2D eigenvalue weighted by molar-refractivity contribution is 7.99. The van der Waals surface area contributed by atoms with Gasteiger partial charge in [-0.2, -0.15) is 5.26 Å². The predicted molar refractivity (Wildman–Crippen MR) is 115 cm³/mol. The summed E-state index contributed by atoms with van der Waals surface area (Å²) in [5.74, 6) is -1.51. The number of aryl methyl sites for hydroxylation is 2. The van der Waals surface area contributed by atoms with Crippen LogP contribution < -0.4 is 5.56 Å². The van der Waals surface area contributed by atoms with Crippen molar-refractivity contribution in [3.63, 3.8) is 0 Å². The minimum Gasteiger partial charge on any atom is -0.308 e. The van der Waals surface area contributed by atoms with Gasteiger partial charge in [-0.1, -0.05) is 30.0 Å². The Kier molecular flexibility index (Phi) is 5.95. The van der Waals surface area contributed by atoms with Gasteiger partial charge in [0.25, 0.3) is 5.56 Å². The fourth-order valence-corrected chi connectivity index (χ4v) is 3.85. The van der Waals surface area contributed by atoms with Gasteiger partial charge in [-0.25, -0.2) is 4.98 Å². The van der Waals surface area contributed by atoms with Gasteiger partial charge < -0.3 is 5.41 Å². The third kappa shape index (κ3) is 4.13. The maximum absolute atomic E-state index is 13.2. The minimum absolute atomic E-state index is 0.0103. The van der Waals surface area contributed by atoms with Gasteiger partial charge in [-0.3, -0.25) is 14.2 Å². The molecule has 0 fully saturated rings. The first-order valence-electron chi connectivity index (χ1n) is 9.03. The average molecular weight is 404 g/mol. The lowest BCUT2D eigenvalue weighted by atomic mass is 10.0. The maximum atomic E-state index is 13.2. The van der Waals surface area contributed by atoms with Gasteiger partial charge in [0.1, 0.15) is 5.92 Å². The van der Waals surface area contributed by atoms with E-state index in [0.717, 1.165) is 22.9 Å². The molecule has 3 rings (SSSR count). The van der Waals surface area contributed by atoms with E-state index < -0.39 is 5.92 Å². The number of thioether (sulfide) groups is 1. The molecular formula is C22H20N4O2S. The van der Waals surface area contributed by atoms with Crippen molar-refractivity contribution < 1.29 is 4.79 Å². The van der Waals surface area contributed by atoms with Crippen LogP contribution in [0.2, 0.25) is 0 Å². The van der Waals surface area contributed by atoms with Crippen LogP contribution in [0.15, 0.2) is 52.4 Å². The number of fused-ring (bicyclic) bond motifs is 1. The average Bonchev–Trinajstić information content (AvgIpc) is 2.69. The predicted octanol–water partition coefficient (Wildman–Crippen LogP) is 3.84. The number of nitrogens with zero attached hydrogens (tertiary/aromatic N) is 3. The number of benzene rings is 2. The summed E-state index contributed by atoms with van der Waals surface area (Å²) in [4.78, 5) is 30.2. The Morgan fingerprint density at radius 3 is 2.62 bits per heavy atom. The molecule has 0 aliphatic carbocycles. The first kappa shape index (κ1) is 20.5. The van der Waals surface area contributed by atoms with Crippen LogP contribution in [0.3, 0.4) is 0 Å². The SMILES string of the molecule is CC(=N)[C@H](C#N)C(=O)CSc1nc2ccccc2c(=O)n1-c1ccc(C)c(C)c1. The van der Waals surface area contributed by atoms with Crippen LogP contribution in [0.25, 0.3) is 16.6 Å². The zero-order valence-corrected chi connectivity index (χ0v) is 17.2. The van der Waals surface area contributed by atoms with Crippen molar-refractivity contribution in [3.8, 4) is 11.8 Å². The number of carbonyl (C=O) groups excluding carboxylic acids is 1. The van der Waals surface area contributed by atoms with Crippen molar-refractivity contribution in [1.29, 1.82) is 10.7 Å². The van der Waals surface area contributed by atoms with Gasteiger partial charge in [0.2, 0.25) is 0 Å². The van der Waals surface area contributed by atoms with Gasteiger partial charge in [0, 0.05) is 5.71 Å². The molecule has 0 aliphatic rings. The summed E-state index contributed by atoms with van der Waals surface area (Å²) < 4.78 is 1.51. The van der Waals surface area contributed by atoms with Gasteiger partial charge in [-0.05, 0) is 56.2 Å². The van der Waals surface area contributed by atoms with Crippen LogP contribution in [0, 0.1) is 36.5 Å². The molecule has 1 N–H and O–H groups in total. The fourth-order valence-electron chi connectivity index (χ4n) is 2.93. The van der Waals surface area contributed by atoms with Crippen molar-refractivity contribution >= 4 is 34.2 Å². The Morgan fingerprint density at radius 1 is 1.24 bits per heavy atom. The second kappa shape index (κ2) is 8.41. The number of carbonyl (C=O) groups is 1. The number of hydrogen-bond acceptors (Lipinski definition) is 6. The quantitative estimate of drug-likeness (QED) is 0.382. The number of Topliss-reactive ketones (excluding diaryl/α,β-unsaturated/α-hetero) is 1. The number of hydrogen-bond donors (Lipinski definition) is 1. The van der Waals surface area contributed by atoms with Crippen LogP contribution in [-0.2, 0) is 4.79 Å². The molecule has 0 spiro atoms. The molecule has 0 bridgehead atoms. The molecule has 0 radical (unpaired) electrons. The monoisotopic (exact) mass is 404 g/mol. The molecule has 0 aliphatic heterocycles. The first-order chi connectivity index (χ1) is 13.8.